The highest BCUT2D eigenvalue weighted by atomic mass is 32.2. The van der Waals surface area contributed by atoms with Gasteiger partial charge < -0.3 is 9.47 Å². The van der Waals surface area contributed by atoms with E-state index in [1.807, 2.05) is 0 Å². The van der Waals surface area contributed by atoms with Gasteiger partial charge in [0.15, 0.2) is 0 Å². The van der Waals surface area contributed by atoms with Crippen LogP contribution in [0.4, 0.5) is 0 Å². The number of benzene rings is 1. The second-order valence-corrected chi connectivity index (χ2v) is 7.13. The number of nitrogens with one attached hydrogen (secondary N) is 1. The number of piperidine rings is 1. The van der Waals surface area contributed by atoms with Gasteiger partial charge in [0.25, 0.3) is 0 Å². The lowest BCUT2D eigenvalue weighted by Gasteiger charge is -2.31. The van der Waals surface area contributed by atoms with Crippen molar-refractivity contribution in [3.8, 4) is 11.5 Å². The highest BCUT2D eigenvalue weighted by molar-refractivity contribution is 7.89. The Kier molecular flexibility index (Phi) is 5.45. The molecular formula is C14H21N3O5S. The maximum Gasteiger partial charge on any atom is 0.246 e. The van der Waals surface area contributed by atoms with Crippen molar-refractivity contribution in [1.82, 2.24) is 9.73 Å². The van der Waals surface area contributed by atoms with Gasteiger partial charge in [-0.1, -0.05) is 0 Å². The number of nitrogens with zero attached hydrogens (tertiary/aromatic N) is 1. The number of ether oxygens (including phenoxy) is 2. The summed E-state index contributed by atoms with van der Waals surface area (Å²) in [6, 6.07) is 4.58. The van der Waals surface area contributed by atoms with Crippen LogP contribution < -0.4 is 20.7 Å². The molecule has 128 valence electrons. The van der Waals surface area contributed by atoms with E-state index in [1.165, 1.54) is 24.6 Å². The molecule has 0 aromatic heterocycles. The molecule has 8 nitrogen and oxygen atoms in total. The number of hydrazine groups is 1. The molecule has 0 spiro atoms. The largest absolute Gasteiger partial charge is 0.497 e. The Balaban J connectivity index is 2.36. The lowest BCUT2D eigenvalue weighted by molar-refractivity contribution is -0.126. The zero-order valence-electron chi connectivity index (χ0n) is 13.1. The third-order valence-corrected chi connectivity index (χ3v) is 5.77. The summed E-state index contributed by atoms with van der Waals surface area (Å²) in [6.45, 7) is 0.433. The van der Waals surface area contributed by atoms with Gasteiger partial charge in [0.05, 0.1) is 20.1 Å². The third kappa shape index (κ3) is 3.57. The van der Waals surface area contributed by atoms with Crippen molar-refractivity contribution < 1.29 is 22.7 Å². The third-order valence-electron chi connectivity index (χ3n) is 3.89. The van der Waals surface area contributed by atoms with E-state index in [0.717, 1.165) is 0 Å². The lowest BCUT2D eigenvalue weighted by Crippen LogP contribution is -2.46. The first-order chi connectivity index (χ1) is 10.9. The van der Waals surface area contributed by atoms with Crippen LogP contribution in [-0.2, 0) is 14.8 Å². The van der Waals surface area contributed by atoms with Crippen LogP contribution in [0.25, 0.3) is 0 Å². The molecule has 0 bridgehead atoms. The number of amides is 1. The van der Waals surface area contributed by atoms with Crippen LogP contribution in [0, 0.1) is 5.92 Å². The average molecular weight is 343 g/mol. The maximum absolute atomic E-state index is 12.9. The van der Waals surface area contributed by atoms with Crippen molar-refractivity contribution in [2.45, 2.75) is 17.7 Å². The zero-order valence-corrected chi connectivity index (χ0v) is 13.9. The van der Waals surface area contributed by atoms with E-state index < -0.39 is 15.9 Å². The first-order valence-electron chi connectivity index (χ1n) is 7.16. The number of nitrogens with two attached hydrogens (primary N) is 1. The van der Waals surface area contributed by atoms with Crippen molar-refractivity contribution in [3.05, 3.63) is 18.2 Å². The summed E-state index contributed by atoms with van der Waals surface area (Å²) in [5, 5.41) is 0. The molecule has 1 amide bonds. The van der Waals surface area contributed by atoms with Gasteiger partial charge in [-0.15, -0.1) is 0 Å². The van der Waals surface area contributed by atoms with Gasteiger partial charge in [-0.05, 0) is 25.0 Å². The first-order valence-corrected chi connectivity index (χ1v) is 8.60. The minimum atomic E-state index is -3.80. The Morgan fingerprint density at radius 2 is 2.09 bits per heavy atom. The van der Waals surface area contributed by atoms with E-state index in [2.05, 4.69) is 5.43 Å². The molecule has 1 atom stereocenters. The van der Waals surface area contributed by atoms with Crippen LogP contribution in [0.15, 0.2) is 23.1 Å². The van der Waals surface area contributed by atoms with Gasteiger partial charge in [0.1, 0.15) is 16.4 Å². The zero-order chi connectivity index (χ0) is 17.0. The summed E-state index contributed by atoms with van der Waals surface area (Å²) in [4.78, 5) is 11.7. The number of hydrogen-bond acceptors (Lipinski definition) is 6. The average Bonchev–Trinajstić information content (AvgIpc) is 2.60. The topological polar surface area (TPSA) is 111 Å². The van der Waals surface area contributed by atoms with Crippen molar-refractivity contribution in [1.29, 1.82) is 0 Å². The molecule has 0 saturated carbocycles. The number of rotatable bonds is 5. The summed E-state index contributed by atoms with van der Waals surface area (Å²) in [5.74, 6) is 4.98. The molecule has 1 aliphatic heterocycles. The van der Waals surface area contributed by atoms with E-state index in [9.17, 15) is 13.2 Å². The van der Waals surface area contributed by atoms with Crippen LogP contribution >= 0.6 is 0 Å². The molecule has 2 rings (SSSR count). The maximum atomic E-state index is 12.9. The molecule has 1 heterocycles. The predicted molar refractivity (Wildman–Crippen MR) is 83.4 cm³/mol. The fourth-order valence-electron chi connectivity index (χ4n) is 2.62. The summed E-state index contributed by atoms with van der Waals surface area (Å²) >= 11 is 0. The molecule has 1 unspecified atom stereocenters. The number of carbonyl (C=O) groups is 1. The van der Waals surface area contributed by atoms with Crippen LogP contribution in [0.3, 0.4) is 0 Å². The van der Waals surface area contributed by atoms with Crippen LogP contribution in [0.1, 0.15) is 12.8 Å². The van der Waals surface area contributed by atoms with Crippen molar-refractivity contribution >= 4 is 15.9 Å². The molecule has 1 aromatic rings. The monoisotopic (exact) mass is 343 g/mol. The van der Waals surface area contributed by atoms with Crippen molar-refractivity contribution in [2.75, 3.05) is 27.3 Å². The predicted octanol–water partition coefficient (Wildman–Crippen LogP) is 0.0944. The normalized spacial score (nSPS) is 19.2. The SMILES string of the molecule is COc1ccc(OC)c(S(=O)(=O)N2CCCC(C(=O)NN)C2)c1. The van der Waals surface area contributed by atoms with Gasteiger partial charge in [-0.3, -0.25) is 10.2 Å². The molecule has 1 aromatic carbocycles. The van der Waals surface area contributed by atoms with E-state index in [0.29, 0.717) is 25.1 Å². The van der Waals surface area contributed by atoms with E-state index in [-0.39, 0.29) is 23.1 Å². The van der Waals surface area contributed by atoms with Crippen LogP contribution in [0.5, 0.6) is 11.5 Å². The highest BCUT2D eigenvalue weighted by Crippen LogP contribution is 2.32. The second kappa shape index (κ2) is 7.16. The summed E-state index contributed by atoms with van der Waals surface area (Å²) < 4.78 is 37.4. The number of carbonyl (C=O) groups excluding carboxylic acids is 1. The number of methoxy groups -OCH3 is 2. The number of hydrogen-bond donors (Lipinski definition) is 2. The smallest absolute Gasteiger partial charge is 0.246 e. The molecule has 0 aliphatic carbocycles. The molecule has 1 saturated heterocycles. The Bertz CT molecular complexity index is 677. The molecule has 3 N–H and O–H groups in total. The van der Waals surface area contributed by atoms with Crippen molar-refractivity contribution in [2.24, 2.45) is 11.8 Å². The summed E-state index contributed by atoms with van der Waals surface area (Å²) in [7, 11) is -0.941. The summed E-state index contributed by atoms with van der Waals surface area (Å²) in [6.07, 6.45) is 1.19. The minimum absolute atomic E-state index is 0.0214. The van der Waals surface area contributed by atoms with Gasteiger partial charge in [-0.2, -0.15) is 4.31 Å². The van der Waals surface area contributed by atoms with Gasteiger partial charge in [-0.25, -0.2) is 14.3 Å². The van der Waals surface area contributed by atoms with Crippen molar-refractivity contribution in [3.63, 3.8) is 0 Å². The van der Waals surface area contributed by atoms with E-state index >= 15 is 0 Å². The van der Waals surface area contributed by atoms with Gasteiger partial charge in [0, 0.05) is 19.2 Å². The van der Waals surface area contributed by atoms with Gasteiger partial charge >= 0.3 is 0 Å². The molecular weight excluding hydrogens is 322 g/mol. The Hall–Kier alpha value is -1.84. The van der Waals surface area contributed by atoms with Crippen LogP contribution in [0.2, 0.25) is 0 Å². The van der Waals surface area contributed by atoms with Crippen LogP contribution in [-0.4, -0.2) is 45.9 Å². The number of sulfonamides is 1. The minimum Gasteiger partial charge on any atom is -0.497 e. The fourth-order valence-corrected chi connectivity index (χ4v) is 4.31. The summed E-state index contributed by atoms with van der Waals surface area (Å²) in [5.41, 5.74) is 2.08. The molecule has 1 fully saturated rings. The van der Waals surface area contributed by atoms with E-state index in [1.54, 1.807) is 12.1 Å². The molecule has 9 heteroatoms. The molecule has 23 heavy (non-hydrogen) atoms. The standard InChI is InChI=1S/C14H21N3O5S/c1-21-11-5-6-12(22-2)13(8-11)23(19,20)17-7-3-4-10(9-17)14(18)16-15/h5-6,8,10H,3-4,7,9,15H2,1-2H3,(H,16,18). The second-order valence-electron chi connectivity index (χ2n) is 5.23. The fraction of sp³-hybridized carbons (Fsp3) is 0.500. The van der Waals surface area contributed by atoms with E-state index in [4.69, 9.17) is 15.3 Å². The first kappa shape index (κ1) is 17.5. The van der Waals surface area contributed by atoms with Gasteiger partial charge in [0.2, 0.25) is 15.9 Å². The molecule has 1 aliphatic rings. The Morgan fingerprint density at radius 3 is 2.70 bits per heavy atom. The molecule has 0 radical (unpaired) electrons. The lowest BCUT2D eigenvalue weighted by atomic mass is 9.99. The Labute approximate surface area is 135 Å². The quantitative estimate of drug-likeness (QED) is 0.445. The highest BCUT2D eigenvalue weighted by Gasteiger charge is 2.34. The Morgan fingerprint density at radius 1 is 1.35 bits per heavy atom.